The quantitative estimate of drug-likeness (QED) is 0.704. The van der Waals surface area contributed by atoms with E-state index in [4.69, 9.17) is 0 Å². The minimum absolute atomic E-state index is 0.268. The van der Waals surface area contributed by atoms with Gasteiger partial charge in [0.25, 0.3) is 11.8 Å². The van der Waals surface area contributed by atoms with Gasteiger partial charge in [0.2, 0.25) is 0 Å². The number of nitrogens with one attached hydrogen (secondary N) is 2. The summed E-state index contributed by atoms with van der Waals surface area (Å²) in [4.78, 5) is 29.1. The number of anilines is 1. The lowest BCUT2D eigenvalue weighted by Crippen LogP contribution is -2.23. The van der Waals surface area contributed by atoms with Gasteiger partial charge in [0, 0.05) is 24.6 Å². The van der Waals surface area contributed by atoms with Crippen LogP contribution in [0.25, 0.3) is 0 Å². The van der Waals surface area contributed by atoms with E-state index < -0.39 is 0 Å². The average molecular weight is 373 g/mol. The lowest BCUT2D eigenvalue weighted by Gasteiger charge is -2.12. The second-order valence-corrected chi connectivity index (χ2v) is 6.85. The van der Waals surface area contributed by atoms with Crippen LogP contribution < -0.4 is 10.6 Å². The summed E-state index contributed by atoms with van der Waals surface area (Å²) in [6.45, 7) is 6.30. The molecule has 0 fully saturated rings. The van der Waals surface area contributed by atoms with Crippen LogP contribution in [-0.4, -0.2) is 16.8 Å². The number of aromatic nitrogens is 1. The van der Waals surface area contributed by atoms with Crippen molar-refractivity contribution in [2.24, 2.45) is 0 Å². The Balaban J connectivity index is 1.70. The molecule has 0 atom stereocenters. The fourth-order valence-corrected chi connectivity index (χ4v) is 2.99. The van der Waals surface area contributed by atoms with Gasteiger partial charge in [-0.25, -0.2) is 0 Å². The molecular weight excluding hydrogens is 350 g/mol. The van der Waals surface area contributed by atoms with Gasteiger partial charge in [0.15, 0.2) is 0 Å². The molecule has 142 valence electrons. The van der Waals surface area contributed by atoms with Crippen LogP contribution in [-0.2, 0) is 6.54 Å². The highest BCUT2D eigenvalue weighted by molar-refractivity contribution is 6.06. The van der Waals surface area contributed by atoms with E-state index in [2.05, 4.69) is 15.6 Å². The molecule has 3 rings (SSSR count). The van der Waals surface area contributed by atoms with Crippen molar-refractivity contribution in [1.29, 1.82) is 0 Å². The first-order valence-corrected chi connectivity index (χ1v) is 9.10. The van der Waals surface area contributed by atoms with Gasteiger partial charge in [0.1, 0.15) is 0 Å². The molecule has 0 aliphatic rings. The fraction of sp³-hybridized carbons (Fsp3) is 0.174. The second kappa shape index (κ2) is 8.48. The number of nitrogens with zero attached hydrogens (tertiary/aromatic N) is 1. The van der Waals surface area contributed by atoms with E-state index in [0.717, 1.165) is 27.9 Å². The Bertz CT molecular complexity index is 1010. The number of rotatable bonds is 5. The summed E-state index contributed by atoms with van der Waals surface area (Å²) in [5.74, 6) is -0.561. The van der Waals surface area contributed by atoms with Crippen molar-refractivity contribution in [3.8, 4) is 0 Å². The highest BCUT2D eigenvalue weighted by Gasteiger charge is 2.13. The molecule has 28 heavy (non-hydrogen) atoms. The number of hydrogen-bond acceptors (Lipinski definition) is 3. The number of benzene rings is 2. The Hall–Kier alpha value is -3.47. The molecule has 0 saturated carbocycles. The molecule has 0 bridgehead atoms. The van der Waals surface area contributed by atoms with Gasteiger partial charge < -0.3 is 10.6 Å². The van der Waals surface area contributed by atoms with Crippen molar-refractivity contribution in [2.75, 3.05) is 5.32 Å². The Kier molecular flexibility index (Phi) is 5.84. The molecule has 2 aromatic carbocycles. The normalized spacial score (nSPS) is 10.4. The Morgan fingerprint density at radius 2 is 1.50 bits per heavy atom. The van der Waals surface area contributed by atoms with Crippen LogP contribution in [0.2, 0.25) is 0 Å². The second-order valence-electron chi connectivity index (χ2n) is 6.85. The maximum atomic E-state index is 12.6. The third-order valence-electron chi connectivity index (χ3n) is 4.52. The zero-order chi connectivity index (χ0) is 20.1. The Morgan fingerprint density at radius 1 is 0.857 bits per heavy atom. The maximum absolute atomic E-state index is 12.6. The molecule has 2 N–H and O–H groups in total. The number of hydrogen-bond donors (Lipinski definition) is 2. The first kappa shape index (κ1) is 19.3. The molecular formula is C23H23N3O2. The Morgan fingerprint density at radius 3 is 2.18 bits per heavy atom. The summed E-state index contributed by atoms with van der Waals surface area (Å²) >= 11 is 0. The van der Waals surface area contributed by atoms with Crippen LogP contribution in [0.4, 0.5) is 5.69 Å². The smallest absolute Gasteiger partial charge is 0.257 e. The standard InChI is InChI=1S/C23H23N3O2/c1-15-6-4-9-18(10-15)12-25-22(27)19-11-20(14-24-13-19)23(28)26-21-16(2)7-5-8-17(21)3/h4-11,13-14H,12H2,1-3H3,(H,25,27)(H,26,28). The third kappa shape index (κ3) is 4.62. The van der Waals surface area contributed by atoms with Crippen molar-refractivity contribution >= 4 is 17.5 Å². The van der Waals surface area contributed by atoms with Gasteiger partial charge in [-0.1, -0.05) is 48.0 Å². The van der Waals surface area contributed by atoms with E-state index in [-0.39, 0.29) is 11.8 Å². The molecule has 5 nitrogen and oxygen atoms in total. The predicted molar refractivity (Wildman–Crippen MR) is 110 cm³/mol. The van der Waals surface area contributed by atoms with Gasteiger partial charge in [0.05, 0.1) is 11.1 Å². The van der Waals surface area contributed by atoms with Crippen LogP contribution in [0.3, 0.4) is 0 Å². The van der Waals surface area contributed by atoms with E-state index in [1.54, 1.807) is 6.07 Å². The predicted octanol–water partition coefficient (Wildman–Crippen LogP) is 4.19. The molecule has 0 aliphatic heterocycles. The molecule has 0 spiro atoms. The van der Waals surface area contributed by atoms with Crippen LogP contribution in [0, 0.1) is 20.8 Å². The largest absolute Gasteiger partial charge is 0.348 e. The topological polar surface area (TPSA) is 71.1 Å². The monoisotopic (exact) mass is 373 g/mol. The summed E-state index contributed by atoms with van der Waals surface area (Å²) < 4.78 is 0. The van der Waals surface area contributed by atoms with Crippen molar-refractivity contribution in [1.82, 2.24) is 10.3 Å². The van der Waals surface area contributed by atoms with Gasteiger partial charge in [-0.2, -0.15) is 0 Å². The number of para-hydroxylation sites is 1. The fourth-order valence-electron chi connectivity index (χ4n) is 2.99. The highest BCUT2D eigenvalue weighted by Crippen LogP contribution is 2.20. The third-order valence-corrected chi connectivity index (χ3v) is 4.52. The van der Waals surface area contributed by atoms with E-state index in [9.17, 15) is 9.59 Å². The lowest BCUT2D eigenvalue weighted by molar-refractivity contribution is 0.0950. The number of carbonyl (C=O) groups is 2. The van der Waals surface area contributed by atoms with Gasteiger partial charge in [-0.3, -0.25) is 14.6 Å². The van der Waals surface area contributed by atoms with Crippen LogP contribution in [0.1, 0.15) is 43.0 Å². The van der Waals surface area contributed by atoms with Gasteiger partial charge >= 0.3 is 0 Å². The molecule has 2 amide bonds. The molecule has 5 heteroatoms. The number of amides is 2. The van der Waals surface area contributed by atoms with E-state index in [1.807, 2.05) is 63.2 Å². The van der Waals surface area contributed by atoms with Crippen molar-refractivity contribution in [3.05, 3.63) is 94.3 Å². The van der Waals surface area contributed by atoms with E-state index in [0.29, 0.717) is 17.7 Å². The molecule has 0 aliphatic carbocycles. The molecule has 1 heterocycles. The number of aryl methyl sites for hydroxylation is 3. The minimum atomic E-state index is -0.293. The van der Waals surface area contributed by atoms with Crippen molar-refractivity contribution in [3.63, 3.8) is 0 Å². The lowest BCUT2D eigenvalue weighted by atomic mass is 10.1. The molecule has 1 aromatic heterocycles. The summed E-state index contributed by atoms with van der Waals surface area (Å²) in [5, 5.41) is 5.78. The van der Waals surface area contributed by atoms with Crippen LogP contribution >= 0.6 is 0 Å². The first-order chi connectivity index (χ1) is 13.4. The molecule has 0 unspecified atom stereocenters. The summed E-state index contributed by atoms with van der Waals surface area (Å²) in [6.07, 6.45) is 2.92. The Labute approximate surface area is 164 Å². The summed E-state index contributed by atoms with van der Waals surface area (Å²) in [5.41, 5.74) is 5.58. The van der Waals surface area contributed by atoms with Crippen molar-refractivity contribution < 1.29 is 9.59 Å². The maximum Gasteiger partial charge on any atom is 0.257 e. The first-order valence-electron chi connectivity index (χ1n) is 9.10. The molecule has 3 aromatic rings. The molecule has 0 radical (unpaired) electrons. The van der Waals surface area contributed by atoms with E-state index in [1.165, 1.54) is 12.4 Å². The number of pyridine rings is 1. The van der Waals surface area contributed by atoms with Crippen molar-refractivity contribution in [2.45, 2.75) is 27.3 Å². The van der Waals surface area contributed by atoms with Crippen LogP contribution in [0.5, 0.6) is 0 Å². The summed E-state index contributed by atoms with van der Waals surface area (Å²) in [7, 11) is 0. The minimum Gasteiger partial charge on any atom is -0.348 e. The molecule has 0 saturated heterocycles. The highest BCUT2D eigenvalue weighted by atomic mass is 16.2. The zero-order valence-electron chi connectivity index (χ0n) is 16.2. The number of carbonyl (C=O) groups excluding carboxylic acids is 2. The zero-order valence-corrected chi connectivity index (χ0v) is 16.2. The van der Waals surface area contributed by atoms with Gasteiger partial charge in [-0.05, 0) is 43.5 Å². The van der Waals surface area contributed by atoms with Gasteiger partial charge in [-0.15, -0.1) is 0 Å². The average Bonchev–Trinajstić information content (AvgIpc) is 2.69. The van der Waals surface area contributed by atoms with E-state index >= 15 is 0 Å². The van der Waals surface area contributed by atoms with Crippen LogP contribution in [0.15, 0.2) is 60.9 Å². The summed E-state index contributed by atoms with van der Waals surface area (Å²) in [6, 6.07) is 15.3. The SMILES string of the molecule is Cc1cccc(CNC(=O)c2cncc(C(=O)Nc3c(C)cccc3C)c2)c1.